The van der Waals surface area contributed by atoms with Gasteiger partial charge in [0, 0.05) is 6.42 Å². The van der Waals surface area contributed by atoms with Crippen LogP contribution in [0.25, 0.3) is 0 Å². The molecule has 0 bridgehead atoms. The van der Waals surface area contributed by atoms with E-state index in [-0.39, 0.29) is 12.5 Å². The van der Waals surface area contributed by atoms with Gasteiger partial charge in [-0.15, -0.1) is 0 Å². The molecule has 0 saturated carbocycles. The Labute approximate surface area is 407 Å². The summed E-state index contributed by atoms with van der Waals surface area (Å²) in [6.07, 6.45) is 53.3. The molecular weight excluding hydrogens is 827 g/mol. The molecule has 0 radical (unpaired) electrons. The lowest BCUT2D eigenvalue weighted by atomic mass is 9.99. The highest BCUT2D eigenvalue weighted by atomic mass is 16.7. The molecule has 7 unspecified atom stereocenters. The first-order valence-electron chi connectivity index (χ1n) is 28.6. The van der Waals surface area contributed by atoms with E-state index in [4.69, 9.17) is 9.47 Å². The Morgan fingerprint density at radius 1 is 0.500 bits per heavy atom. The van der Waals surface area contributed by atoms with Crippen molar-refractivity contribution in [2.45, 2.75) is 320 Å². The second kappa shape index (κ2) is 47.4. The normalized spacial score (nSPS) is 19.9. The second-order valence-electron chi connectivity index (χ2n) is 20.1. The molecule has 0 spiro atoms. The van der Waals surface area contributed by atoms with E-state index in [9.17, 15) is 30.3 Å². The van der Waals surface area contributed by atoms with Gasteiger partial charge in [0.15, 0.2) is 6.29 Å². The molecular formula is C57H109NO8. The van der Waals surface area contributed by atoms with Crippen LogP contribution in [0.4, 0.5) is 0 Å². The highest BCUT2D eigenvalue weighted by molar-refractivity contribution is 5.76. The number of carbonyl (C=O) groups is 1. The van der Waals surface area contributed by atoms with E-state index in [1.165, 1.54) is 212 Å². The number of aliphatic hydroxyl groups excluding tert-OH is 5. The van der Waals surface area contributed by atoms with Crippen molar-refractivity contribution in [3.63, 3.8) is 0 Å². The lowest BCUT2D eigenvalue weighted by Gasteiger charge is -2.40. The van der Waals surface area contributed by atoms with E-state index in [1.54, 1.807) is 6.08 Å². The SMILES string of the molecule is CCCCCC/C=C/C(O)C(COC1OC(CO)C(O)C(O)C1O)NC(=O)CCCCCCCCCCCCCCCCCCCCCCCCCCC/C=C\CCCCCCCCCC. The van der Waals surface area contributed by atoms with Crippen molar-refractivity contribution < 1.29 is 39.8 Å². The first-order chi connectivity index (χ1) is 32.3. The third-order valence-electron chi connectivity index (χ3n) is 13.8. The van der Waals surface area contributed by atoms with Gasteiger partial charge in [0.05, 0.1) is 25.4 Å². The summed E-state index contributed by atoms with van der Waals surface area (Å²) in [5, 5.41) is 53.9. The molecule has 1 heterocycles. The van der Waals surface area contributed by atoms with Gasteiger partial charge in [-0.1, -0.05) is 250 Å². The summed E-state index contributed by atoms with van der Waals surface area (Å²) in [6.45, 7) is 3.71. The molecule has 1 aliphatic heterocycles. The molecule has 390 valence electrons. The molecule has 66 heavy (non-hydrogen) atoms. The number of rotatable bonds is 49. The third-order valence-corrected chi connectivity index (χ3v) is 13.8. The maximum atomic E-state index is 12.9. The molecule has 0 aromatic heterocycles. The van der Waals surface area contributed by atoms with E-state index in [2.05, 4.69) is 31.3 Å². The zero-order valence-electron chi connectivity index (χ0n) is 43.2. The summed E-state index contributed by atoms with van der Waals surface area (Å²) >= 11 is 0. The van der Waals surface area contributed by atoms with Crippen LogP contribution in [0.2, 0.25) is 0 Å². The summed E-state index contributed by atoms with van der Waals surface area (Å²) in [5.41, 5.74) is 0. The zero-order valence-corrected chi connectivity index (χ0v) is 43.2. The van der Waals surface area contributed by atoms with Crippen LogP contribution in [0.3, 0.4) is 0 Å². The highest BCUT2D eigenvalue weighted by Gasteiger charge is 2.44. The molecule has 1 saturated heterocycles. The standard InChI is InChI=1S/C57H109NO8/c1-3-5-7-9-11-12-13-14-15-16-17-18-19-20-21-22-23-24-25-26-27-28-29-30-31-32-33-34-35-36-37-38-39-40-41-43-45-47-53(61)58-50(51(60)46-44-42-10-8-6-4-2)49-65-57-56(64)55(63)54(62)52(48-59)66-57/h16-17,44,46,50-52,54-57,59-60,62-64H,3-15,18-43,45,47-49H2,1-2H3,(H,58,61)/b17-16-,46-44+. The van der Waals surface area contributed by atoms with Gasteiger partial charge < -0.3 is 40.3 Å². The number of amides is 1. The smallest absolute Gasteiger partial charge is 0.220 e. The minimum Gasteiger partial charge on any atom is -0.394 e. The molecule has 0 aromatic rings. The van der Waals surface area contributed by atoms with Crippen molar-refractivity contribution in [3.8, 4) is 0 Å². The van der Waals surface area contributed by atoms with Crippen molar-refractivity contribution in [3.05, 3.63) is 24.3 Å². The number of nitrogens with one attached hydrogen (secondary N) is 1. The molecule has 6 N–H and O–H groups in total. The van der Waals surface area contributed by atoms with E-state index >= 15 is 0 Å². The number of hydrogen-bond donors (Lipinski definition) is 6. The zero-order chi connectivity index (χ0) is 48.0. The number of carbonyl (C=O) groups excluding carboxylic acids is 1. The minimum atomic E-state index is -1.56. The number of ether oxygens (including phenoxy) is 2. The Morgan fingerprint density at radius 3 is 1.24 bits per heavy atom. The first kappa shape index (κ1) is 62.7. The van der Waals surface area contributed by atoms with Crippen LogP contribution >= 0.6 is 0 Å². The number of unbranched alkanes of at least 4 members (excludes halogenated alkanes) is 37. The van der Waals surface area contributed by atoms with Crippen LogP contribution in [0.5, 0.6) is 0 Å². The van der Waals surface area contributed by atoms with Crippen molar-refractivity contribution in [2.75, 3.05) is 13.2 Å². The van der Waals surface area contributed by atoms with E-state index in [0.29, 0.717) is 6.42 Å². The minimum absolute atomic E-state index is 0.178. The van der Waals surface area contributed by atoms with Crippen LogP contribution in [0.15, 0.2) is 24.3 Å². The fourth-order valence-electron chi connectivity index (χ4n) is 9.21. The summed E-state index contributed by atoms with van der Waals surface area (Å²) in [6, 6.07) is -0.798. The van der Waals surface area contributed by atoms with Gasteiger partial charge in [-0.25, -0.2) is 0 Å². The van der Waals surface area contributed by atoms with Crippen LogP contribution in [0, 0.1) is 0 Å². The lowest BCUT2D eigenvalue weighted by molar-refractivity contribution is -0.302. The van der Waals surface area contributed by atoms with Crippen molar-refractivity contribution in [1.29, 1.82) is 0 Å². The molecule has 9 nitrogen and oxygen atoms in total. The Balaban J connectivity index is 1.95. The molecule has 1 fully saturated rings. The summed E-state index contributed by atoms with van der Waals surface area (Å²) in [4.78, 5) is 12.9. The Bertz CT molecular complexity index is 1090. The Kier molecular flexibility index (Phi) is 45.0. The van der Waals surface area contributed by atoms with Gasteiger partial charge in [-0.3, -0.25) is 4.79 Å². The molecule has 1 rings (SSSR count). The molecule has 7 atom stereocenters. The summed E-state index contributed by atoms with van der Waals surface area (Å²) in [5.74, 6) is -0.178. The quantitative estimate of drug-likeness (QED) is 0.0261. The van der Waals surface area contributed by atoms with Gasteiger partial charge in [0.2, 0.25) is 5.91 Å². The topological polar surface area (TPSA) is 149 Å². The third kappa shape index (κ3) is 36.6. The number of allylic oxidation sites excluding steroid dienone is 3. The van der Waals surface area contributed by atoms with Crippen molar-refractivity contribution in [2.24, 2.45) is 0 Å². The molecule has 1 aliphatic rings. The molecule has 0 aromatic carbocycles. The predicted octanol–water partition coefficient (Wildman–Crippen LogP) is 13.8. The van der Waals surface area contributed by atoms with Crippen molar-refractivity contribution >= 4 is 5.91 Å². The largest absolute Gasteiger partial charge is 0.394 e. The number of aliphatic hydroxyl groups is 5. The average Bonchev–Trinajstić information content (AvgIpc) is 3.32. The second-order valence-corrected chi connectivity index (χ2v) is 20.1. The summed E-state index contributed by atoms with van der Waals surface area (Å²) in [7, 11) is 0. The van der Waals surface area contributed by atoms with E-state index in [0.717, 1.165) is 44.9 Å². The number of hydrogen-bond acceptors (Lipinski definition) is 8. The predicted molar refractivity (Wildman–Crippen MR) is 277 cm³/mol. The average molecular weight is 936 g/mol. The van der Waals surface area contributed by atoms with Gasteiger partial charge in [0.25, 0.3) is 0 Å². The van der Waals surface area contributed by atoms with Crippen LogP contribution in [0.1, 0.15) is 277 Å². The van der Waals surface area contributed by atoms with Crippen LogP contribution in [-0.4, -0.2) is 87.5 Å². The van der Waals surface area contributed by atoms with Crippen LogP contribution in [-0.2, 0) is 14.3 Å². The van der Waals surface area contributed by atoms with Crippen molar-refractivity contribution in [1.82, 2.24) is 5.32 Å². The summed E-state index contributed by atoms with van der Waals surface area (Å²) < 4.78 is 11.2. The van der Waals surface area contributed by atoms with Gasteiger partial charge in [-0.05, 0) is 44.9 Å². The maximum Gasteiger partial charge on any atom is 0.220 e. The highest BCUT2D eigenvalue weighted by Crippen LogP contribution is 2.23. The fourth-order valence-corrected chi connectivity index (χ4v) is 9.21. The Hall–Kier alpha value is -1.33. The first-order valence-corrected chi connectivity index (χ1v) is 28.6. The molecule has 9 heteroatoms. The molecule has 0 aliphatic carbocycles. The van der Waals surface area contributed by atoms with E-state index < -0.39 is 49.5 Å². The fraction of sp³-hybridized carbons (Fsp3) is 0.912. The monoisotopic (exact) mass is 936 g/mol. The lowest BCUT2D eigenvalue weighted by Crippen LogP contribution is -2.60. The van der Waals surface area contributed by atoms with Gasteiger partial charge in [0.1, 0.15) is 24.4 Å². The Morgan fingerprint density at radius 2 is 0.848 bits per heavy atom. The van der Waals surface area contributed by atoms with Gasteiger partial charge in [-0.2, -0.15) is 0 Å². The van der Waals surface area contributed by atoms with Crippen LogP contribution < -0.4 is 5.32 Å². The molecule has 1 amide bonds. The maximum absolute atomic E-state index is 12.9. The van der Waals surface area contributed by atoms with E-state index in [1.807, 2.05) is 6.08 Å². The van der Waals surface area contributed by atoms with Gasteiger partial charge >= 0.3 is 0 Å².